The third-order valence-electron chi connectivity index (χ3n) is 2.35. The quantitative estimate of drug-likeness (QED) is 0.809. The fraction of sp³-hybridized carbons (Fsp3) is 0.455. The Morgan fingerprint density at radius 2 is 2.00 bits per heavy atom. The number of hydrogen-bond acceptors (Lipinski definition) is 2. The summed E-state index contributed by atoms with van der Waals surface area (Å²) in [6, 6.07) is 5.65. The monoisotopic (exact) mass is 214 g/mol. The molecule has 0 aliphatic rings. The van der Waals surface area contributed by atoms with E-state index < -0.39 is 6.10 Å². The summed E-state index contributed by atoms with van der Waals surface area (Å²) in [4.78, 5) is 0. The third kappa shape index (κ3) is 2.71. The van der Waals surface area contributed by atoms with Crippen molar-refractivity contribution in [3.8, 4) is 0 Å². The molecule has 0 bridgehead atoms. The molecule has 0 amide bonds. The lowest BCUT2D eigenvalue weighted by Gasteiger charge is -2.17. The molecular weight excluding hydrogens is 200 g/mol. The number of hydrogen-bond donors (Lipinski definition) is 2. The Labute approximate surface area is 89.1 Å². The van der Waals surface area contributed by atoms with Crippen molar-refractivity contribution in [3.05, 3.63) is 34.3 Å². The van der Waals surface area contributed by atoms with Gasteiger partial charge in [-0.1, -0.05) is 24.6 Å². The van der Waals surface area contributed by atoms with Crippen molar-refractivity contribution >= 4 is 11.6 Å². The van der Waals surface area contributed by atoms with Crippen molar-refractivity contribution in [2.24, 2.45) is 0 Å². The maximum atomic E-state index is 9.47. The molecule has 14 heavy (non-hydrogen) atoms. The predicted octanol–water partition coefficient (Wildman–Crippen LogP) is 2.11. The SMILES string of the molecule is Cc1cc(Cl)cc(C(C)C(O)CO)c1. The van der Waals surface area contributed by atoms with E-state index in [1.807, 2.05) is 32.0 Å². The summed E-state index contributed by atoms with van der Waals surface area (Å²) in [5, 5.41) is 19.0. The Hall–Kier alpha value is -0.570. The molecule has 78 valence electrons. The van der Waals surface area contributed by atoms with E-state index in [1.165, 1.54) is 0 Å². The molecule has 1 aromatic carbocycles. The highest BCUT2D eigenvalue weighted by Gasteiger charge is 2.15. The third-order valence-corrected chi connectivity index (χ3v) is 2.57. The highest BCUT2D eigenvalue weighted by Crippen LogP contribution is 2.23. The second-order valence-electron chi connectivity index (χ2n) is 3.60. The van der Waals surface area contributed by atoms with E-state index in [0.29, 0.717) is 5.02 Å². The van der Waals surface area contributed by atoms with Gasteiger partial charge in [-0.25, -0.2) is 0 Å². The molecule has 1 rings (SSSR count). The van der Waals surface area contributed by atoms with E-state index in [4.69, 9.17) is 16.7 Å². The van der Waals surface area contributed by atoms with Crippen LogP contribution < -0.4 is 0 Å². The molecule has 1 aromatic rings. The van der Waals surface area contributed by atoms with Crippen LogP contribution in [0.5, 0.6) is 0 Å². The summed E-state index contributed by atoms with van der Waals surface area (Å²) in [6.07, 6.45) is -0.729. The molecule has 0 spiro atoms. The number of benzene rings is 1. The van der Waals surface area contributed by atoms with Gasteiger partial charge in [0.1, 0.15) is 0 Å². The molecule has 0 heterocycles. The minimum absolute atomic E-state index is 0.0996. The van der Waals surface area contributed by atoms with Crippen LogP contribution in [0, 0.1) is 6.92 Å². The van der Waals surface area contributed by atoms with Gasteiger partial charge in [-0.3, -0.25) is 0 Å². The van der Waals surface area contributed by atoms with Crippen molar-refractivity contribution in [2.45, 2.75) is 25.9 Å². The molecule has 0 radical (unpaired) electrons. The first-order valence-electron chi connectivity index (χ1n) is 4.60. The van der Waals surface area contributed by atoms with Crippen LogP contribution in [0.2, 0.25) is 5.02 Å². The van der Waals surface area contributed by atoms with Crippen LogP contribution in [0.4, 0.5) is 0 Å². The number of halogens is 1. The zero-order valence-corrected chi connectivity index (χ0v) is 9.12. The van der Waals surface area contributed by atoms with Crippen molar-refractivity contribution in [1.29, 1.82) is 0 Å². The Kier molecular flexibility index (Phi) is 3.93. The lowest BCUT2D eigenvalue weighted by molar-refractivity contribution is 0.0772. The molecule has 0 fully saturated rings. The fourth-order valence-corrected chi connectivity index (χ4v) is 1.71. The van der Waals surface area contributed by atoms with Crippen LogP contribution in [-0.4, -0.2) is 22.9 Å². The van der Waals surface area contributed by atoms with E-state index in [0.717, 1.165) is 11.1 Å². The van der Waals surface area contributed by atoms with E-state index in [2.05, 4.69) is 0 Å². The van der Waals surface area contributed by atoms with Gasteiger partial charge in [0.05, 0.1) is 12.7 Å². The first-order chi connectivity index (χ1) is 6.54. The van der Waals surface area contributed by atoms with Gasteiger partial charge in [0, 0.05) is 10.9 Å². The van der Waals surface area contributed by atoms with Gasteiger partial charge in [0.15, 0.2) is 0 Å². The molecule has 2 N–H and O–H groups in total. The smallest absolute Gasteiger partial charge is 0.0836 e. The molecule has 0 saturated heterocycles. The Balaban J connectivity index is 2.94. The molecular formula is C11H15ClO2. The summed E-state index contributed by atoms with van der Waals surface area (Å²) in [5.41, 5.74) is 2.01. The molecule has 0 aromatic heterocycles. The van der Waals surface area contributed by atoms with Crippen LogP contribution in [0.15, 0.2) is 18.2 Å². The Bertz CT molecular complexity index is 292. The summed E-state index contributed by atoms with van der Waals surface area (Å²) in [6.45, 7) is 3.59. The van der Waals surface area contributed by atoms with E-state index >= 15 is 0 Å². The van der Waals surface area contributed by atoms with Gasteiger partial charge in [0.2, 0.25) is 0 Å². The average Bonchev–Trinajstić information content (AvgIpc) is 2.14. The van der Waals surface area contributed by atoms with Crippen molar-refractivity contribution in [2.75, 3.05) is 6.61 Å². The summed E-state index contributed by atoms with van der Waals surface area (Å²) in [7, 11) is 0. The van der Waals surface area contributed by atoms with E-state index in [-0.39, 0.29) is 12.5 Å². The summed E-state index contributed by atoms with van der Waals surface area (Å²) < 4.78 is 0. The minimum Gasteiger partial charge on any atom is -0.394 e. The lowest BCUT2D eigenvalue weighted by Crippen LogP contribution is -2.20. The van der Waals surface area contributed by atoms with Gasteiger partial charge in [0.25, 0.3) is 0 Å². The largest absolute Gasteiger partial charge is 0.394 e. The average molecular weight is 215 g/mol. The predicted molar refractivity (Wildman–Crippen MR) is 57.7 cm³/mol. The van der Waals surface area contributed by atoms with Crippen molar-refractivity contribution in [1.82, 2.24) is 0 Å². The van der Waals surface area contributed by atoms with Crippen LogP contribution in [0.1, 0.15) is 24.0 Å². The second-order valence-corrected chi connectivity index (χ2v) is 4.04. The molecule has 2 atom stereocenters. The topological polar surface area (TPSA) is 40.5 Å². The van der Waals surface area contributed by atoms with Gasteiger partial charge < -0.3 is 10.2 Å². The normalized spacial score (nSPS) is 15.2. The zero-order valence-electron chi connectivity index (χ0n) is 8.37. The van der Waals surface area contributed by atoms with E-state index in [1.54, 1.807) is 0 Å². The van der Waals surface area contributed by atoms with E-state index in [9.17, 15) is 5.11 Å². The van der Waals surface area contributed by atoms with Gasteiger partial charge in [-0.05, 0) is 30.2 Å². The van der Waals surface area contributed by atoms with Crippen LogP contribution >= 0.6 is 11.6 Å². The number of aryl methyl sites for hydroxylation is 1. The number of aliphatic hydroxyl groups is 2. The van der Waals surface area contributed by atoms with Gasteiger partial charge in [-0.15, -0.1) is 0 Å². The first kappa shape index (κ1) is 11.5. The minimum atomic E-state index is -0.729. The zero-order chi connectivity index (χ0) is 10.7. The van der Waals surface area contributed by atoms with Crippen molar-refractivity contribution in [3.63, 3.8) is 0 Å². The maximum Gasteiger partial charge on any atom is 0.0836 e. The standard InChI is InChI=1S/C11H15ClO2/c1-7-3-9(5-10(12)4-7)8(2)11(14)6-13/h3-5,8,11,13-14H,6H2,1-2H3. The summed E-state index contributed by atoms with van der Waals surface area (Å²) in [5.74, 6) is -0.0996. The van der Waals surface area contributed by atoms with Crippen LogP contribution in [0.3, 0.4) is 0 Å². The second kappa shape index (κ2) is 4.78. The Morgan fingerprint density at radius 3 is 2.50 bits per heavy atom. The fourth-order valence-electron chi connectivity index (χ4n) is 1.41. The highest BCUT2D eigenvalue weighted by atomic mass is 35.5. The highest BCUT2D eigenvalue weighted by molar-refractivity contribution is 6.30. The number of aliphatic hydroxyl groups excluding tert-OH is 2. The Morgan fingerprint density at radius 1 is 1.36 bits per heavy atom. The summed E-state index contributed by atoms with van der Waals surface area (Å²) >= 11 is 5.90. The maximum absolute atomic E-state index is 9.47. The molecule has 3 heteroatoms. The van der Waals surface area contributed by atoms with Crippen LogP contribution in [-0.2, 0) is 0 Å². The van der Waals surface area contributed by atoms with Gasteiger partial charge in [-0.2, -0.15) is 0 Å². The molecule has 0 saturated carbocycles. The molecule has 2 nitrogen and oxygen atoms in total. The van der Waals surface area contributed by atoms with Crippen LogP contribution in [0.25, 0.3) is 0 Å². The lowest BCUT2D eigenvalue weighted by atomic mass is 9.94. The first-order valence-corrected chi connectivity index (χ1v) is 4.98. The number of rotatable bonds is 3. The van der Waals surface area contributed by atoms with Crippen molar-refractivity contribution < 1.29 is 10.2 Å². The molecule has 2 unspecified atom stereocenters. The molecule has 0 aliphatic heterocycles. The van der Waals surface area contributed by atoms with Gasteiger partial charge >= 0.3 is 0 Å². The molecule has 0 aliphatic carbocycles.